The van der Waals surface area contributed by atoms with Crippen molar-refractivity contribution in [3.05, 3.63) is 59.9 Å². The third kappa shape index (κ3) is 7.57. The average molecular weight is 454 g/mol. The quantitative estimate of drug-likeness (QED) is 0.495. The topological polar surface area (TPSA) is 127 Å². The van der Waals surface area contributed by atoms with E-state index in [4.69, 9.17) is 10.5 Å². The van der Waals surface area contributed by atoms with Crippen molar-refractivity contribution in [2.24, 2.45) is 5.92 Å². The molecular formula is C24H31N5O4. The highest BCUT2D eigenvalue weighted by molar-refractivity contribution is 5.94. The maximum Gasteiger partial charge on any atom is 0.408 e. The van der Waals surface area contributed by atoms with Gasteiger partial charge in [0.1, 0.15) is 18.7 Å². The van der Waals surface area contributed by atoms with Gasteiger partial charge in [-0.05, 0) is 47.7 Å². The smallest absolute Gasteiger partial charge is 0.408 e. The van der Waals surface area contributed by atoms with Crippen LogP contribution < -0.4 is 16.4 Å². The minimum Gasteiger partial charge on any atom is -0.445 e. The Balaban J connectivity index is 1.54. The number of nitrogen functional groups attached to an aromatic ring is 1. The predicted octanol–water partition coefficient (Wildman–Crippen LogP) is 1.87. The number of hydrogen-bond donors (Lipinski definition) is 3. The van der Waals surface area contributed by atoms with E-state index in [9.17, 15) is 14.4 Å². The molecule has 1 aromatic heterocycles. The molecule has 1 unspecified atom stereocenters. The summed E-state index contributed by atoms with van der Waals surface area (Å²) in [5.41, 5.74) is 8.30. The fourth-order valence-corrected chi connectivity index (χ4v) is 3.74. The van der Waals surface area contributed by atoms with Crippen molar-refractivity contribution < 1.29 is 19.1 Å². The number of ether oxygens (including phenoxy) is 1. The van der Waals surface area contributed by atoms with Crippen molar-refractivity contribution in [1.29, 1.82) is 0 Å². The number of ketones is 1. The van der Waals surface area contributed by atoms with E-state index in [0.29, 0.717) is 25.2 Å². The molecule has 4 N–H and O–H groups in total. The highest BCUT2D eigenvalue weighted by atomic mass is 16.5. The number of carbonyl (C=O) groups excluding carboxylic acids is 3. The number of likely N-dealkylation sites (tertiary alicyclic amines) is 1. The number of nitrogens with two attached hydrogens (primary N) is 1. The van der Waals surface area contributed by atoms with Gasteiger partial charge in [0.2, 0.25) is 5.91 Å². The molecule has 2 atom stereocenters. The van der Waals surface area contributed by atoms with Crippen molar-refractivity contribution in [3.8, 4) is 0 Å². The second-order valence-electron chi connectivity index (χ2n) is 8.70. The van der Waals surface area contributed by atoms with Crippen LogP contribution in [0.4, 0.5) is 10.5 Å². The summed E-state index contributed by atoms with van der Waals surface area (Å²) < 4.78 is 5.23. The Morgan fingerprint density at radius 3 is 2.67 bits per heavy atom. The Labute approximate surface area is 193 Å². The van der Waals surface area contributed by atoms with Crippen LogP contribution in [0.1, 0.15) is 31.4 Å². The lowest BCUT2D eigenvalue weighted by atomic mass is 10.0. The Morgan fingerprint density at radius 2 is 1.97 bits per heavy atom. The lowest BCUT2D eigenvalue weighted by Gasteiger charge is -2.22. The van der Waals surface area contributed by atoms with Crippen LogP contribution in [-0.4, -0.2) is 52.8 Å². The number of carbonyl (C=O) groups is 3. The predicted molar refractivity (Wildman–Crippen MR) is 124 cm³/mol. The molecule has 176 valence electrons. The average Bonchev–Trinajstić information content (AvgIpc) is 3.10. The van der Waals surface area contributed by atoms with E-state index in [-0.39, 0.29) is 24.9 Å². The molecule has 2 amide bonds. The Morgan fingerprint density at radius 1 is 1.21 bits per heavy atom. The van der Waals surface area contributed by atoms with Crippen molar-refractivity contribution >= 4 is 23.5 Å². The molecule has 33 heavy (non-hydrogen) atoms. The summed E-state index contributed by atoms with van der Waals surface area (Å²) in [5.74, 6) is -0.301. The van der Waals surface area contributed by atoms with Crippen LogP contribution >= 0.6 is 0 Å². The normalized spacial score (nSPS) is 17.1. The second kappa shape index (κ2) is 11.4. The zero-order chi connectivity index (χ0) is 23.8. The first-order valence-corrected chi connectivity index (χ1v) is 11.0. The van der Waals surface area contributed by atoms with Gasteiger partial charge in [-0.25, -0.2) is 4.79 Å². The highest BCUT2D eigenvalue weighted by Crippen LogP contribution is 2.14. The van der Waals surface area contributed by atoms with Gasteiger partial charge < -0.3 is 21.1 Å². The number of nitrogens with one attached hydrogen (secondary N) is 2. The summed E-state index contributed by atoms with van der Waals surface area (Å²) in [7, 11) is 0. The molecule has 0 aliphatic carbocycles. The number of amides is 2. The van der Waals surface area contributed by atoms with E-state index in [1.807, 2.05) is 43.0 Å². The SMILES string of the molecule is CC(C)C[C@H](NC(=O)OCc1ccncc1)C(=O)NC1CN(Cc2cccc(N)c2)CC1=O. The molecule has 1 aliphatic rings. The molecule has 1 aromatic carbocycles. The molecule has 1 saturated heterocycles. The Hall–Kier alpha value is -3.46. The number of nitrogens with zero attached hydrogens (tertiary/aromatic N) is 2. The molecule has 3 rings (SSSR count). The summed E-state index contributed by atoms with van der Waals surface area (Å²) in [5, 5.41) is 5.44. The third-order valence-corrected chi connectivity index (χ3v) is 5.32. The molecule has 9 heteroatoms. The zero-order valence-corrected chi connectivity index (χ0v) is 19.0. The molecule has 2 heterocycles. The van der Waals surface area contributed by atoms with Gasteiger partial charge >= 0.3 is 6.09 Å². The van der Waals surface area contributed by atoms with Gasteiger partial charge in [-0.3, -0.25) is 19.5 Å². The summed E-state index contributed by atoms with van der Waals surface area (Å²) in [6, 6.07) is 9.57. The van der Waals surface area contributed by atoms with Gasteiger partial charge in [0.25, 0.3) is 0 Å². The number of rotatable bonds is 9. The molecule has 1 aliphatic heterocycles. The van der Waals surface area contributed by atoms with Crippen LogP contribution in [0.15, 0.2) is 48.8 Å². The van der Waals surface area contributed by atoms with Gasteiger partial charge in [-0.2, -0.15) is 0 Å². The molecular weight excluding hydrogens is 422 g/mol. The van der Waals surface area contributed by atoms with Crippen LogP contribution in [0.2, 0.25) is 0 Å². The summed E-state index contributed by atoms with van der Waals surface area (Å²) in [6.07, 6.45) is 2.96. The van der Waals surface area contributed by atoms with Crippen LogP contribution in [0.25, 0.3) is 0 Å². The monoisotopic (exact) mass is 453 g/mol. The Bertz CT molecular complexity index is 966. The molecule has 2 aromatic rings. The van der Waals surface area contributed by atoms with Gasteiger partial charge in [-0.15, -0.1) is 0 Å². The van der Waals surface area contributed by atoms with E-state index in [1.54, 1.807) is 24.5 Å². The van der Waals surface area contributed by atoms with Crippen molar-refractivity contribution in [2.75, 3.05) is 18.8 Å². The van der Waals surface area contributed by atoms with Crippen molar-refractivity contribution in [1.82, 2.24) is 20.5 Å². The number of benzene rings is 1. The fourth-order valence-electron chi connectivity index (χ4n) is 3.74. The summed E-state index contributed by atoms with van der Waals surface area (Å²) in [6.45, 7) is 5.20. The van der Waals surface area contributed by atoms with Crippen molar-refractivity contribution in [3.63, 3.8) is 0 Å². The molecule has 9 nitrogen and oxygen atoms in total. The molecule has 0 radical (unpaired) electrons. The van der Waals surface area contributed by atoms with Gasteiger partial charge in [0, 0.05) is 31.2 Å². The summed E-state index contributed by atoms with van der Waals surface area (Å²) in [4.78, 5) is 43.6. The molecule has 0 bridgehead atoms. The number of alkyl carbamates (subject to hydrolysis) is 1. The number of pyridine rings is 1. The van der Waals surface area contributed by atoms with Crippen LogP contribution in [0.3, 0.4) is 0 Å². The molecule has 1 fully saturated rings. The number of hydrogen-bond acceptors (Lipinski definition) is 7. The third-order valence-electron chi connectivity index (χ3n) is 5.32. The highest BCUT2D eigenvalue weighted by Gasteiger charge is 2.34. The van der Waals surface area contributed by atoms with Crippen LogP contribution in [0.5, 0.6) is 0 Å². The maximum absolute atomic E-state index is 12.9. The van der Waals surface area contributed by atoms with Gasteiger partial charge in [0.05, 0.1) is 6.54 Å². The minimum atomic E-state index is -0.800. The first kappa shape index (κ1) is 24.2. The van der Waals surface area contributed by atoms with E-state index in [1.165, 1.54) is 0 Å². The first-order chi connectivity index (χ1) is 15.8. The fraction of sp³-hybridized carbons (Fsp3) is 0.417. The first-order valence-electron chi connectivity index (χ1n) is 11.0. The van der Waals surface area contributed by atoms with E-state index >= 15 is 0 Å². The summed E-state index contributed by atoms with van der Waals surface area (Å²) >= 11 is 0. The number of Topliss-reactive ketones (excluding diaryl/α,β-unsaturated/α-hetero) is 1. The number of anilines is 1. The second-order valence-corrected chi connectivity index (χ2v) is 8.70. The van der Waals surface area contributed by atoms with Gasteiger partial charge in [-0.1, -0.05) is 26.0 Å². The lowest BCUT2D eigenvalue weighted by Crippen LogP contribution is -2.52. The molecule has 0 spiro atoms. The number of aromatic nitrogens is 1. The zero-order valence-electron chi connectivity index (χ0n) is 19.0. The minimum absolute atomic E-state index is 0.0594. The van der Waals surface area contributed by atoms with Crippen LogP contribution in [-0.2, 0) is 27.5 Å². The standard InChI is InChI=1S/C24H31N5O4/c1-16(2)10-20(28-24(32)33-15-17-6-8-26-9-7-17)23(31)27-21-13-29(14-22(21)30)12-18-4-3-5-19(25)11-18/h3-9,11,16,20-21H,10,12-15,25H2,1-2H3,(H,27,31)(H,28,32)/t20-,21?/m0/s1. The van der Waals surface area contributed by atoms with E-state index in [0.717, 1.165) is 11.1 Å². The maximum atomic E-state index is 12.9. The van der Waals surface area contributed by atoms with E-state index < -0.39 is 24.1 Å². The Kier molecular flexibility index (Phi) is 8.37. The largest absolute Gasteiger partial charge is 0.445 e. The van der Waals surface area contributed by atoms with E-state index in [2.05, 4.69) is 15.6 Å². The molecule has 0 saturated carbocycles. The van der Waals surface area contributed by atoms with Crippen molar-refractivity contribution in [2.45, 2.75) is 45.5 Å². The lowest BCUT2D eigenvalue weighted by molar-refractivity contribution is -0.127. The van der Waals surface area contributed by atoms with Crippen LogP contribution in [0, 0.1) is 5.92 Å². The van der Waals surface area contributed by atoms with Gasteiger partial charge in [0.15, 0.2) is 5.78 Å².